The lowest BCUT2D eigenvalue weighted by Gasteiger charge is -2.37. The molecule has 1 aliphatic carbocycles. The molecule has 1 atom stereocenters. The number of halogens is 2. The molecule has 1 saturated carbocycles. The monoisotopic (exact) mass is 496 g/mol. The van der Waals surface area contributed by atoms with Crippen molar-refractivity contribution in [2.75, 3.05) is 26.2 Å². The Morgan fingerprint density at radius 2 is 1.86 bits per heavy atom. The summed E-state index contributed by atoms with van der Waals surface area (Å²) in [6.45, 7) is 1.16. The maximum atomic E-state index is 13.7. The predicted octanol–water partition coefficient (Wildman–Crippen LogP) is 5.08. The fourth-order valence-corrected chi connectivity index (χ4v) is 5.40. The molecule has 0 saturated heterocycles. The van der Waals surface area contributed by atoms with Crippen LogP contribution in [0.25, 0.3) is 0 Å². The van der Waals surface area contributed by atoms with Crippen LogP contribution < -0.4 is 4.74 Å². The van der Waals surface area contributed by atoms with Crippen LogP contribution in [-0.2, 0) is 11.2 Å². The van der Waals surface area contributed by atoms with Crippen LogP contribution >= 0.6 is 11.3 Å². The molecule has 1 aromatic heterocycles. The van der Waals surface area contributed by atoms with Gasteiger partial charge in [0.15, 0.2) is 0 Å². The summed E-state index contributed by atoms with van der Waals surface area (Å²) < 4.78 is 33.0. The number of rotatable bonds is 8. The van der Waals surface area contributed by atoms with Crippen molar-refractivity contribution in [1.29, 1.82) is 0 Å². The van der Waals surface area contributed by atoms with Gasteiger partial charge in [0, 0.05) is 23.5 Å². The third-order valence-electron chi connectivity index (χ3n) is 6.50. The first kappa shape index (κ1) is 23.5. The number of nitrogens with zero attached hydrogens (tertiary/aromatic N) is 2. The molecule has 0 spiro atoms. The zero-order chi connectivity index (χ0) is 24.4. The molecule has 0 N–H and O–H groups in total. The smallest absolute Gasteiger partial charge is 0.254 e. The van der Waals surface area contributed by atoms with Crippen LogP contribution in [0, 0.1) is 17.6 Å². The summed E-state index contributed by atoms with van der Waals surface area (Å²) in [6.07, 6.45) is 2.79. The highest BCUT2D eigenvalue weighted by molar-refractivity contribution is 7.10. The van der Waals surface area contributed by atoms with Crippen molar-refractivity contribution in [2.45, 2.75) is 25.3 Å². The van der Waals surface area contributed by atoms with Crippen molar-refractivity contribution < 1.29 is 23.1 Å². The van der Waals surface area contributed by atoms with Crippen LogP contribution in [-0.4, -0.2) is 47.9 Å². The second kappa shape index (κ2) is 10.2. The first-order chi connectivity index (χ1) is 17.0. The Labute approximate surface area is 206 Å². The number of hydrogen-bond donors (Lipinski definition) is 0. The van der Waals surface area contributed by atoms with Gasteiger partial charge < -0.3 is 14.5 Å². The second-order valence-electron chi connectivity index (χ2n) is 9.06. The van der Waals surface area contributed by atoms with Crippen LogP contribution in [0.1, 0.15) is 39.7 Å². The molecule has 2 amide bonds. The SMILES string of the molecule is O=C(c1cccc(F)c1)N(CC(=O)N1CCc2sccc2[C@@H]1COc1ccc(F)cc1)CC1CC1. The van der Waals surface area contributed by atoms with E-state index >= 15 is 0 Å². The number of fused-ring (bicyclic) bond motifs is 1. The van der Waals surface area contributed by atoms with E-state index in [1.54, 1.807) is 39.3 Å². The van der Waals surface area contributed by atoms with Gasteiger partial charge in [0.1, 0.15) is 30.5 Å². The lowest BCUT2D eigenvalue weighted by Crippen LogP contribution is -2.48. The number of hydrogen-bond acceptors (Lipinski definition) is 4. The van der Waals surface area contributed by atoms with Crippen LogP contribution in [0.3, 0.4) is 0 Å². The molecule has 8 heteroatoms. The van der Waals surface area contributed by atoms with Gasteiger partial charge in [-0.05, 0) is 84.7 Å². The van der Waals surface area contributed by atoms with Gasteiger partial charge in [-0.25, -0.2) is 8.78 Å². The summed E-state index contributed by atoms with van der Waals surface area (Å²) in [7, 11) is 0. The van der Waals surface area contributed by atoms with E-state index < -0.39 is 5.82 Å². The fourth-order valence-electron chi connectivity index (χ4n) is 4.47. The molecule has 1 aliphatic heterocycles. The van der Waals surface area contributed by atoms with E-state index in [1.807, 2.05) is 11.4 Å². The van der Waals surface area contributed by atoms with Gasteiger partial charge in [0.25, 0.3) is 5.91 Å². The first-order valence-corrected chi connectivity index (χ1v) is 12.6. The summed E-state index contributed by atoms with van der Waals surface area (Å²) >= 11 is 1.66. The topological polar surface area (TPSA) is 49.9 Å². The van der Waals surface area contributed by atoms with Crippen molar-refractivity contribution in [2.24, 2.45) is 5.92 Å². The molecule has 182 valence electrons. The van der Waals surface area contributed by atoms with Crippen LogP contribution in [0.4, 0.5) is 8.78 Å². The van der Waals surface area contributed by atoms with E-state index in [0.29, 0.717) is 24.8 Å². The Morgan fingerprint density at radius 1 is 1.06 bits per heavy atom. The average Bonchev–Trinajstić information content (AvgIpc) is 3.54. The minimum absolute atomic E-state index is 0.0711. The molecule has 35 heavy (non-hydrogen) atoms. The quantitative estimate of drug-likeness (QED) is 0.437. The van der Waals surface area contributed by atoms with Crippen LogP contribution in [0.15, 0.2) is 60.0 Å². The first-order valence-electron chi connectivity index (χ1n) is 11.8. The minimum atomic E-state index is -0.479. The van der Waals surface area contributed by atoms with E-state index in [2.05, 4.69) is 0 Å². The summed E-state index contributed by atoms with van der Waals surface area (Å²) in [5.74, 6) is -0.421. The standard InChI is InChI=1S/C27H26F2N2O3S/c28-20-6-8-22(9-7-20)34-17-24-23-11-13-35-25(23)10-12-31(24)26(32)16-30(15-18-4-5-18)27(33)19-2-1-3-21(29)14-19/h1-3,6-9,11,13-14,18,24H,4-5,10,12,15-17H2/t24-/m0/s1. The molecular formula is C27H26F2N2O3S. The molecule has 2 aliphatic rings. The Morgan fingerprint density at radius 3 is 2.60 bits per heavy atom. The third kappa shape index (κ3) is 5.53. The highest BCUT2D eigenvalue weighted by atomic mass is 32.1. The van der Waals surface area contributed by atoms with Crippen LogP contribution in [0.5, 0.6) is 5.75 Å². The molecule has 3 aromatic rings. The van der Waals surface area contributed by atoms with Gasteiger partial charge in [-0.1, -0.05) is 6.07 Å². The van der Waals surface area contributed by atoms with Crippen molar-refractivity contribution in [3.63, 3.8) is 0 Å². The number of benzene rings is 2. The minimum Gasteiger partial charge on any atom is -0.491 e. The maximum Gasteiger partial charge on any atom is 0.254 e. The van der Waals surface area contributed by atoms with Gasteiger partial charge in [-0.15, -0.1) is 11.3 Å². The highest BCUT2D eigenvalue weighted by Gasteiger charge is 2.35. The molecule has 5 nitrogen and oxygen atoms in total. The lowest BCUT2D eigenvalue weighted by atomic mass is 10.0. The largest absolute Gasteiger partial charge is 0.491 e. The Bertz CT molecular complexity index is 1210. The summed E-state index contributed by atoms with van der Waals surface area (Å²) in [6, 6.07) is 13.1. The number of amides is 2. The molecule has 2 aromatic carbocycles. The van der Waals surface area contributed by atoms with Gasteiger partial charge in [0.2, 0.25) is 5.91 Å². The number of thiophene rings is 1. The van der Waals surface area contributed by atoms with Crippen molar-refractivity contribution in [3.05, 3.63) is 87.6 Å². The molecule has 5 rings (SSSR count). The number of carbonyl (C=O) groups is 2. The number of carbonyl (C=O) groups excluding carboxylic acids is 2. The van der Waals surface area contributed by atoms with Gasteiger partial charge in [0.05, 0.1) is 6.04 Å². The summed E-state index contributed by atoms with van der Waals surface area (Å²) in [5.41, 5.74) is 1.29. The lowest BCUT2D eigenvalue weighted by molar-refractivity contribution is -0.135. The van der Waals surface area contributed by atoms with E-state index in [0.717, 1.165) is 24.8 Å². The van der Waals surface area contributed by atoms with Gasteiger partial charge >= 0.3 is 0 Å². The van der Waals surface area contributed by atoms with Crippen molar-refractivity contribution >= 4 is 23.2 Å². The normalized spacial score (nSPS) is 17.1. The van der Waals surface area contributed by atoms with E-state index in [9.17, 15) is 18.4 Å². The maximum absolute atomic E-state index is 13.7. The van der Waals surface area contributed by atoms with Crippen LogP contribution in [0.2, 0.25) is 0 Å². The average molecular weight is 497 g/mol. The molecule has 2 heterocycles. The Hall–Kier alpha value is -3.26. The molecule has 1 fully saturated rings. The second-order valence-corrected chi connectivity index (χ2v) is 10.1. The Kier molecular flexibility index (Phi) is 6.81. The van der Waals surface area contributed by atoms with E-state index in [-0.39, 0.29) is 42.4 Å². The molecule has 0 radical (unpaired) electrons. The summed E-state index contributed by atoms with van der Waals surface area (Å²) in [5, 5.41) is 2.01. The van der Waals surface area contributed by atoms with E-state index in [1.165, 1.54) is 35.2 Å². The van der Waals surface area contributed by atoms with Gasteiger partial charge in [-0.2, -0.15) is 0 Å². The Balaban J connectivity index is 1.34. The third-order valence-corrected chi connectivity index (χ3v) is 7.49. The van der Waals surface area contributed by atoms with Gasteiger partial charge in [-0.3, -0.25) is 9.59 Å². The highest BCUT2D eigenvalue weighted by Crippen LogP contribution is 2.35. The molecule has 0 unspecified atom stereocenters. The zero-order valence-corrected chi connectivity index (χ0v) is 20.0. The molecule has 0 bridgehead atoms. The molecular weight excluding hydrogens is 470 g/mol. The van der Waals surface area contributed by atoms with E-state index in [4.69, 9.17) is 4.74 Å². The predicted molar refractivity (Wildman–Crippen MR) is 129 cm³/mol. The number of ether oxygens (including phenoxy) is 1. The zero-order valence-electron chi connectivity index (χ0n) is 19.2. The van der Waals surface area contributed by atoms with Crippen molar-refractivity contribution in [3.8, 4) is 5.75 Å². The summed E-state index contributed by atoms with van der Waals surface area (Å²) in [4.78, 5) is 31.3. The fraction of sp³-hybridized carbons (Fsp3) is 0.333. The van der Waals surface area contributed by atoms with Crippen molar-refractivity contribution in [1.82, 2.24) is 9.80 Å².